The molecule has 0 spiro atoms. The summed E-state index contributed by atoms with van der Waals surface area (Å²) in [5.41, 5.74) is -2.66. The Morgan fingerprint density at radius 1 is 1.17 bits per heavy atom. The summed E-state index contributed by atoms with van der Waals surface area (Å²) in [4.78, 5) is 25.5. The van der Waals surface area contributed by atoms with Crippen molar-refractivity contribution in [3.63, 3.8) is 0 Å². The first kappa shape index (κ1) is 26.9. The van der Waals surface area contributed by atoms with Gasteiger partial charge >= 0.3 is 5.97 Å². The molecule has 4 aliphatic carbocycles. The zero-order chi connectivity index (χ0) is 25.9. The lowest BCUT2D eigenvalue weighted by atomic mass is 9.42. The van der Waals surface area contributed by atoms with Crippen molar-refractivity contribution in [1.82, 2.24) is 0 Å². The summed E-state index contributed by atoms with van der Waals surface area (Å²) in [7, 11) is 0. The summed E-state index contributed by atoms with van der Waals surface area (Å²) in [5.74, 6) is 1.99. The van der Waals surface area contributed by atoms with Crippen LogP contribution in [0.1, 0.15) is 93.4 Å². The van der Waals surface area contributed by atoms with Crippen LogP contribution in [0.3, 0.4) is 0 Å². The van der Waals surface area contributed by atoms with Gasteiger partial charge in [0.1, 0.15) is 11.7 Å². The molecule has 0 amide bonds. The molecular formula is C30H48O5. The molecular weight excluding hydrogens is 440 g/mol. The van der Waals surface area contributed by atoms with E-state index in [0.29, 0.717) is 42.4 Å². The van der Waals surface area contributed by atoms with Crippen LogP contribution in [-0.2, 0) is 14.3 Å². The summed E-state index contributed by atoms with van der Waals surface area (Å²) >= 11 is 0. The number of hydrogen-bond acceptors (Lipinski definition) is 5. The second-order valence-corrected chi connectivity index (χ2v) is 13.5. The number of allylic oxidation sites excluding steroid dienone is 1. The molecule has 35 heavy (non-hydrogen) atoms. The third kappa shape index (κ3) is 4.04. The van der Waals surface area contributed by atoms with Crippen molar-refractivity contribution in [2.24, 2.45) is 52.3 Å². The van der Waals surface area contributed by atoms with Crippen molar-refractivity contribution in [2.75, 3.05) is 0 Å². The second kappa shape index (κ2) is 9.28. The Balaban J connectivity index is 1.66. The summed E-state index contributed by atoms with van der Waals surface area (Å²) in [6.45, 7) is 14.9. The van der Waals surface area contributed by atoms with E-state index in [4.69, 9.17) is 4.74 Å². The molecule has 0 aromatic carbocycles. The number of rotatable bonds is 6. The zero-order valence-electron chi connectivity index (χ0n) is 22.9. The van der Waals surface area contributed by atoms with Gasteiger partial charge < -0.3 is 14.9 Å². The first-order valence-corrected chi connectivity index (χ1v) is 14.1. The molecule has 11 atom stereocenters. The Morgan fingerprint density at radius 2 is 1.86 bits per heavy atom. The molecule has 0 aliphatic heterocycles. The number of aliphatic hydroxyl groups is 2. The number of fused-ring (bicyclic) bond motifs is 5. The average molecular weight is 489 g/mol. The van der Waals surface area contributed by atoms with E-state index in [-0.39, 0.29) is 29.5 Å². The Hall–Kier alpha value is -1.20. The van der Waals surface area contributed by atoms with E-state index in [2.05, 4.69) is 34.6 Å². The lowest BCUT2D eigenvalue weighted by Crippen LogP contribution is -2.72. The summed E-state index contributed by atoms with van der Waals surface area (Å²) in [6.07, 6.45) is 7.97. The van der Waals surface area contributed by atoms with Crippen molar-refractivity contribution >= 4 is 11.8 Å². The topological polar surface area (TPSA) is 83.8 Å². The molecule has 0 unspecified atom stereocenters. The third-order valence-corrected chi connectivity index (χ3v) is 11.5. The van der Waals surface area contributed by atoms with Gasteiger partial charge in [0.2, 0.25) is 0 Å². The molecule has 198 valence electrons. The highest BCUT2D eigenvalue weighted by molar-refractivity contribution is 5.97. The van der Waals surface area contributed by atoms with Crippen LogP contribution in [0, 0.1) is 52.3 Å². The van der Waals surface area contributed by atoms with E-state index >= 15 is 0 Å². The molecule has 0 heterocycles. The molecule has 4 rings (SSSR count). The molecule has 3 fully saturated rings. The van der Waals surface area contributed by atoms with Gasteiger partial charge in [-0.1, -0.05) is 53.5 Å². The fourth-order valence-corrected chi connectivity index (χ4v) is 9.18. The van der Waals surface area contributed by atoms with Gasteiger partial charge in [0.25, 0.3) is 0 Å². The quantitative estimate of drug-likeness (QED) is 0.494. The molecule has 0 saturated heterocycles. The van der Waals surface area contributed by atoms with Gasteiger partial charge in [-0.25, -0.2) is 0 Å². The van der Waals surface area contributed by atoms with Gasteiger partial charge in [-0.15, -0.1) is 0 Å². The molecule has 0 aromatic rings. The molecule has 3 saturated carbocycles. The lowest BCUT2D eigenvalue weighted by Gasteiger charge is -2.64. The Morgan fingerprint density at radius 3 is 2.49 bits per heavy atom. The van der Waals surface area contributed by atoms with E-state index in [0.717, 1.165) is 12.8 Å². The molecule has 0 bridgehead atoms. The van der Waals surface area contributed by atoms with Gasteiger partial charge in [-0.05, 0) is 86.0 Å². The predicted molar refractivity (Wildman–Crippen MR) is 136 cm³/mol. The highest BCUT2D eigenvalue weighted by Gasteiger charge is 2.72. The number of hydrogen-bond donors (Lipinski definition) is 2. The van der Waals surface area contributed by atoms with Crippen LogP contribution in [0.5, 0.6) is 0 Å². The van der Waals surface area contributed by atoms with Crippen molar-refractivity contribution in [3.8, 4) is 0 Å². The fraction of sp³-hybridized carbons (Fsp3) is 0.867. The maximum atomic E-state index is 13.4. The summed E-state index contributed by atoms with van der Waals surface area (Å²) in [6, 6.07) is 0. The minimum atomic E-state index is -1.49. The molecule has 0 radical (unpaired) electrons. The van der Waals surface area contributed by atoms with Crippen molar-refractivity contribution in [2.45, 2.75) is 111 Å². The lowest BCUT2D eigenvalue weighted by molar-refractivity contribution is -0.257. The van der Waals surface area contributed by atoms with Crippen LogP contribution in [0.2, 0.25) is 0 Å². The van der Waals surface area contributed by atoms with Gasteiger partial charge in [0.05, 0.1) is 11.5 Å². The van der Waals surface area contributed by atoms with Crippen molar-refractivity contribution in [3.05, 3.63) is 12.2 Å². The molecule has 5 heteroatoms. The minimum Gasteiger partial charge on any atom is -0.459 e. The van der Waals surface area contributed by atoms with E-state index < -0.39 is 29.2 Å². The van der Waals surface area contributed by atoms with Crippen LogP contribution in [0.25, 0.3) is 0 Å². The maximum Gasteiger partial charge on any atom is 0.303 e. The third-order valence-electron chi connectivity index (χ3n) is 11.5. The number of aliphatic hydroxyl groups excluding tert-OH is 1. The van der Waals surface area contributed by atoms with Crippen molar-refractivity contribution < 1.29 is 24.5 Å². The van der Waals surface area contributed by atoms with Crippen molar-refractivity contribution in [1.29, 1.82) is 0 Å². The fourth-order valence-electron chi connectivity index (χ4n) is 9.18. The standard InChI is InChI=1S/C30H48O5/c1-17(2)18(3)10-11-19(4)22-12-13-23-21-15-26(35-20(5)31)30(34)14-8-9-25(33)29(30,7)27(21)24(32)16-28(22,23)6/h8-9,17-19,21-24,26-27,32,34H,10-16H2,1-7H3/t18-,19+,21-,22+,23-,24+,26+,27+,28+,29+,30-/m0/s1. The molecule has 4 aliphatic rings. The van der Waals surface area contributed by atoms with Crippen LogP contribution < -0.4 is 0 Å². The largest absolute Gasteiger partial charge is 0.459 e. The van der Waals surface area contributed by atoms with Gasteiger partial charge in [0.15, 0.2) is 5.78 Å². The molecule has 0 aromatic heterocycles. The van der Waals surface area contributed by atoms with Crippen LogP contribution in [0.4, 0.5) is 0 Å². The van der Waals surface area contributed by atoms with Crippen LogP contribution >= 0.6 is 0 Å². The van der Waals surface area contributed by atoms with Gasteiger partial charge in [-0.3, -0.25) is 9.59 Å². The highest BCUT2D eigenvalue weighted by atomic mass is 16.6. The Kier molecular flexibility index (Phi) is 7.12. The van der Waals surface area contributed by atoms with E-state index in [1.165, 1.54) is 19.8 Å². The molecule has 5 nitrogen and oxygen atoms in total. The van der Waals surface area contributed by atoms with Gasteiger partial charge in [-0.2, -0.15) is 0 Å². The Bertz CT molecular complexity index is 865. The molecule has 2 N–H and O–H groups in total. The minimum absolute atomic E-state index is 0.0127. The van der Waals surface area contributed by atoms with E-state index in [1.54, 1.807) is 12.2 Å². The smallest absolute Gasteiger partial charge is 0.303 e. The summed E-state index contributed by atoms with van der Waals surface area (Å²) in [5, 5.41) is 23.7. The highest BCUT2D eigenvalue weighted by Crippen LogP contribution is 2.68. The summed E-state index contributed by atoms with van der Waals surface area (Å²) < 4.78 is 5.75. The first-order chi connectivity index (χ1) is 16.3. The van der Waals surface area contributed by atoms with Crippen LogP contribution in [-0.4, -0.2) is 39.8 Å². The first-order valence-electron chi connectivity index (χ1n) is 14.1. The normalized spacial score (nSPS) is 46.5. The number of ketones is 1. The average Bonchev–Trinajstić information content (AvgIpc) is 3.10. The predicted octanol–water partition coefficient (Wildman–Crippen LogP) is 5.33. The van der Waals surface area contributed by atoms with E-state index in [9.17, 15) is 19.8 Å². The zero-order valence-corrected chi connectivity index (χ0v) is 22.9. The maximum absolute atomic E-state index is 13.4. The number of ether oxygens (including phenoxy) is 1. The monoisotopic (exact) mass is 488 g/mol. The van der Waals surface area contributed by atoms with Gasteiger partial charge in [0, 0.05) is 12.8 Å². The number of esters is 1. The second-order valence-electron chi connectivity index (χ2n) is 13.5. The Labute approximate surface area is 212 Å². The van der Waals surface area contributed by atoms with Crippen LogP contribution in [0.15, 0.2) is 12.2 Å². The van der Waals surface area contributed by atoms with E-state index in [1.807, 2.05) is 6.92 Å². The SMILES string of the molecule is CC(=O)O[C@@H]1C[C@@H]2[C@H]([C@H](O)C[C@]3(C)[C@@H]([C@H](C)CC[C@H](C)C(C)C)CC[C@@H]23)[C@@]2(C)C(=O)C=CC[C@]12O. The number of carbonyl (C=O) groups excluding carboxylic acids is 2. The number of carbonyl (C=O) groups is 2.